The van der Waals surface area contributed by atoms with Crippen LogP contribution in [0.2, 0.25) is 0 Å². The van der Waals surface area contributed by atoms with Crippen LogP contribution >= 0.6 is 0 Å². The molecule has 0 aromatic heterocycles. The van der Waals surface area contributed by atoms with E-state index in [-0.39, 0.29) is 5.25 Å². The molecule has 6 nitrogen and oxygen atoms in total. The molecule has 7 heteroatoms. The Bertz CT molecular complexity index is 470. The van der Waals surface area contributed by atoms with Crippen molar-refractivity contribution in [1.29, 1.82) is 0 Å². The van der Waals surface area contributed by atoms with Crippen LogP contribution in [-0.4, -0.2) is 51.3 Å². The fourth-order valence-corrected chi connectivity index (χ4v) is 5.52. The molecule has 3 unspecified atom stereocenters. The van der Waals surface area contributed by atoms with Gasteiger partial charge in [0.05, 0.1) is 11.4 Å². The van der Waals surface area contributed by atoms with Gasteiger partial charge in [-0.1, -0.05) is 0 Å². The van der Waals surface area contributed by atoms with Gasteiger partial charge in [0.25, 0.3) is 0 Å². The van der Waals surface area contributed by atoms with Gasteiger partial charge in [-0.3, -0.25) is 16.2 Å². The molecule has 0 aromatic carbocycles. The minimum Gasteiger partial charge on any atom is -0.300 e. The lowest BCUT2D eigenvalue weighted by Gasteiger charge is -2.39. The molecule has 0 aromatic rings. The zero-order valence-electron chi connectivity index (χ0n) is 14.2. The standard InChI is InChI=1S/C16H32N4O2S/c1-23(21,22)14-7-5-12(6-8-14)15-3-2-4-16(19-15)17-11-13-9-10-18-20-13/h12-20H,2-11H2,1H3. The molecule has 4 N–H and O–H groups in total. The topological polar surface area (TPSA) is 82.3 Å². The van der Waals surface area contributed by atoms with E-state index in [1.54, 1.807) is 0 Å². The lowest BCUT2D eigenvalue weighted by Crippen LogP contribution is -2.55. The molecule has 2 heterocycles. The molecule has 23 heavy (non-hydrogen) atoms. The Labute approximate surface area is 140 Å². The summed E-state index contributed by atoms with van der Waals surface area (Å²) in [5.41, 5.74) is 6.47. The number of hydrazine groups is 1. The highest BCUT2D eigenvalue weighted by Crippen LogP contribution is 2.33. The lowest BCUT2D eigenvalue weighted by molar-refractivity contribution is 0.188. The maximum absolute atomic E-state index is 11.7. The summed E-state index contributed by atoms with van der Waals surface area (Å²) in [6, 6.07) is 1.08. The first-order valence-corrected chi connectivity index (χ1v) is 11.1. The van der Waals surface area contributed by atoms with Gasteiger partial charge in [-0.25, -0.2) is 8.42 Å². The summed E-state index contributed by atoms with van der Waals surface area (Å²) in [6.45, 7) is 2.05. The molecule has 0 bridgehead atoms. The molecule has 0 amide bonds. The molecule has 1 saturated carbocycles. The number of sulfone groups is 1. The third-order valence-electron chi connectivity index (χ3n) is 5.85. The monoisotopic (exact) mass is 344 g/mol. The third-order valence-corrected chi connectivity index (χ3v) is 7.53. The summed E-state index contributed by atoms with van der Waals surface area (Å²) in [6.07, 6.45) is 10.5. The number of piperidine rings is 1. The summed E-state index contributed by atoms with van der Waals surface area (Å²) in [7, 11) is -2.85. The average molecular weight is 345 g/mol. The van der Waals surface area contributed by atoms with Crippen LogP contribution < -0.4 is 21.5 Å². The Hall–Kier alpha value is -0.210. The second kappa shape index (κ2) is 7.78. The molecule has 0 radical (unpaired) electrons. The van der Waals surface area contributed by atoms with Crippen LogP contribution in [0.5, 0.6) is 0 Å². The summed E-state index contributed by atoms with van der Waals surface area (Å²) in [4.78, 5) is 0. The Balaban J connectivity index is 1.43. The van der Waals surface area contributed by atoms with Gasteiger partial charge >= 0.3 is 0 Å². The Morgan fingerprint density at radius 2 is 1.83 bits per heavy atom. The van der Waals surface area contributed by atoms with E-state index in [1.807, 2.05) is 0 Å². The molecule has 0 spiro atoms. The highest BCUT2D eigenvalue weighted by Gasteiger charge is 2.34. The second-order valence-corrected chi connectivity index (χ2v) is 9.91. The Morgan fingerprint density at radius 3 is 2.48 bits per heavy atom. The van der Waals surface area contributed by atoms with Crippen molar-refractivity contribution in [2.75, 3.05) is 19.3 Å². The quantitative estimate of drug-likeness (QED) is 0.582. The van der Waals surface area contributed by atoms with Crippen LogP contribution in [0.15, 0.2) is 0 Å². The maximum atomic E-state index is 11.7. The Kier molecular flexibility index (Phi) is 5.96. The van der Waals surface area contributed by atoms with Crippen LogP contribution in [-0.2, 0) is 9.84 Å². The highest BCUT2D eigenvalue weighted by atomic mass is 32.2. The maximum Gasteiger partial charge on any atom is 0.150 e. The van der Waals surface area contributed by atoms with Crippen molar-refractivity contribution in [1.82, 2.24) is 21.5 Å². The molecule has 2 aliphatic heterocycles. The minimum absolute atomic E-state index is 0.0998. The SMILES string of the molecule is CS(=O)(=O)C1CCC(C2CCCC(NCC3CCNN3)N2)CC1. The van der Waals surface area contributed by atoms with Crippen molar-refractivity contribution in [3.8, 4) is 0 Å². The van der Waals surface area contributed by atoms with E-state index in [2.05, 4.69) is 21.5 Å². The van der Waals surface area contributed by atoms with Crippen molar-refractivity contribution in [2.24, 2.45) is 5.92 Å². The summed E-state index contributed by atoms with van der Waals surface area (Å²) in [5, 5.41) is 7.35. The molecule has 1 aliphatic carbocycles. The van der Waals surface area contributed by atoms with E-state index in [0.29, 0.717) is 24.2 Å². The van der Waals surface area contributed by atoms with E-state index in [0.717, 1.165) is 38.8 Å². The second-order valence-electron chi connectivity index (χ2n) is 7.59. The number of hydrogen-bond acceptors (Lipinski definition) is 6. The van der Waals surface area contributed by atoms with Crippen LogP contribution in [0.4, 0.5) is 0 Å². The van der Waals surface area contributed by atoms with Crippen molar-refractivity contribution < 1.29 is 8.42 Å². The predicted octanol–water partition coefficient (Wildman–Crippen LogP) is 0.514. The third kappa shape index (κ3) is 4.89. The van der Waals surface area contributed by atoms with E-state index in [4.69, 9.17) is 0 Å². The number of hydrogen-bond donors (Lipinski definition) is 4. The van der Waals surface area contributed by atoms with Gasteiger partial charge in [0, 0.05) is 31.4 Å². The fourth-order valence-electron chi connectivity index (χ4n) is 4.39. The first-order valence-electron chi connectivity index (χ1n) is 9.19. The van der Waals surface area contributed by atoms with Crippen molar-refractivity contribution >= 4 is 9.84 Å². The van der Waals surface area contributed by atoms with E-state index < -0.39 is 9.84 Å². The van der Waals surface area contributed by atoms with Crippen LogP contribution in [0, 0.1) is 5.92 Å². The predicted molar refractivity (Wildman–Crippen MR) is 92.7 cm³/mol. The van der Waals surface area contributed by atoms with Crippen LogP contribution in [0.3, 0.4) is 0 Å². The molecule has 3 atom stereocenters. The first kappa shape index (κ1) is 17.6. The van der Waals surface area contributed by atoms with Gasteiger partial charge in [0.1, 0.15) is 9.84 Å². The van der Waals surface area contributed by atoms with E-state index in [1.165, 1.54) is 31.9 Å². The minimum atomic E-state index is -2.85. The summed E-state index contributed by atoms with van der Waals surface area (Å²) >= 11 is 0. The first-order chi connectivity index (χ1) is 11.0. The largest absolute Gasteiger partial charge is 0.300 e. The van der Waals surface area contributed by atoms with Crippen molar-refractivity contribution in [3.63, 3.8) is 0 Å². The molecule has 3 aliphatic rings. The normalized spacial score (nSPS) is 39.4. The molecular weight excluding hydrogens is 312 g/mol. The average Bonchev–Trinajstić information content (AvgIpc) is 3.06. The fraction of sp³-hybridized carbons (Fsp3) is 1.00. The smallest absolute Gasteiger partial charge is 0.150 e. The molecule has 3 fully saturated rings. The molecule has 2 saturated heterocycles. The highest BCUT2D eigenvalue weighted by molar-refractivity contribution is 7.91. The Morgan fingerprint density at radius 1 is 1.04 bits per heavy atom. The van der Waals surface area contributed by atoms with E-state index >= 15 is 0 Å². The van der Waals surface area contributed by atoms with Crippen LogP contribution in [0.1, 0.15) is 51.4 Å². The number of nitrogens with one attached hydrogen (secondary N) is 4. The summed E-state index contributed by atoms with van der Waals surface area (Å²) < 4.78 is 23.4. The lowest BCUT2D eigenvalue weighted by atomic mass is 9.80. The van der Waals surface area contributed by atoms with Crippen molar-refractivity contribution in [2.45, 2.75) is 74.9 Å². The van der Waals surface area contributed by atoms with Gasteiger partial charge in [0.15, 0.2) is 0 Å². The number of rotatable bonds is 5. The van der Waals surface area contributed by atoms with Crippen LogP contribution in [0.25, 0.3) is 0 Å². The van der Waals surface area contributed by atoms with Gasteiger partial charge in [-0.2, -0.15) is 0 Å². The molecule has 134 valence electrons. The van der Waals surface area contributed by atoms with Gasteiger partial charge in [-0.05, 0) is 57.3 Å². The summed E-state index contributed by atoms with van der Waals surface area (Å²) in [5.74, 6) is 0.642. The van der Waals surface area contributed by atoms with Gasteiger partial charge in [-0.15, -0.1) is 0 Å². The molecular formula is C16H32N4O2S. The van der Waals surface area contributed by atoms with Crippen molar-refractivity contribution in [3.05, 3.63) is 0 Å². The van der Waals surface area contributed by atoms with Gasteiger partial charge < -0.3 is 5.32 Å². The van der Waals surface area contributed by atoms with E-state index in [9.17, 15) is 8.42 Å². The molecule has 3 rings (SSSR count). The zero-order chi connectivity index (χ0) is 16.3. The van der Waals surface area contributed by atoms with Gasteiger partial charge in [0.2, 0.25) is 0 Å². The zero-order valence-corrected chi connectivity index (χ0v) is 15.0.